The van der Waals surface area contributed by atoms with Crippen LogP contribution in [-0.4, -0.2) is 62.8 Å². The number of likely N-dealkylation sites (tertiary alicyclic amines) is 1. The van der Waals surface area contributed by atoms with Crippen molar-refractivity contribution in [3.05, 3.63) is 0 Å². The highest BCUT2D eigenvalue weighted by atomic mass is 16.5. The van der Waals surface area contributed by atoms with Crippen LogP contribution in [0.5, 0.6) is 0 Å². The van der Waals surface area contributed by atoms with Crippen LogP contribution in [0.3, 0.4) is 0 Å². The summed E-state index contributed by atoms with van der Waals surface area (Å²) in [5, 5.41) is 6.60. The molecule has 5 nitrogen and oxygen atoms in total. The highest BCUT2D eigenvalue weighted by molar-refractivity contribution is 5.79. The molecule has 0 spiro atoms. The van der Waals surface area contributed by atoms with Gasteiger partial charge in [0.25, 0.3) is 0 Å². The molecule has 0 bridgehead atoms. The monoisotopic (exact) mass is 298 g/mol. The van der Waals surface area contributed by atoms with Gasteiger partial charge in [-0.05, 0) is 39.7 Å². The van der Waals surface area contributed by atoms with E-state index < -0.39 is 0 Å². The number of hydrogen-bond acceptors (Lipinski definition) is 3. The van der Waals surface area contributed by atoms with Crippen LogP contribution >= 0.6 is 0 Å². The second kappa shape index (κ2) is 11.8. The Balaban J connectivity index is 2.31. The standard InChI is InChI=1S/C16H34N4O/c1-4-15-9-7-8-12-20(15)13-10-18-16(17-5-2)19-11-14-21-6-3/h15H,4-14H2,1-3H3,(H2,17,18,19). The lowest BCUT2D eigenvalue weighted by Gasteiger charge is -2.34. The van der Waals surface area contributed by atoms with Crippen molar-refractivity contribution in [2.75, 3.05) is 45.9 Å². The van der Waals surface area contributed by atoms with E-state index in [0.717, 1.165) is 51.4 Å². The maximum absolute atomic E-state index is 5.34. The van der Waals surface area contributed by atoms with Crippen molar-refractivity contribution in [2.45, 2.75) is 52.5 Å². The van der Waals surface area contributed by atoms with E-state index in [2.05, 4.69) is 34.4 Å². The second-order valence-corrected chi connectivity index (χ2v) is 5.48. The first kappa shape index (κ1) is 18.2. The summed E-state index contributed by atoms with van der Waals surface area (Å²) >= 11 is 0. The van der Waals surface area contributed by atoms with Gasteiger partial charge in [0.15, 0.2) is 5.96 Å². The SMILES string of the molecule is CCNC(=NCCN1CCCCC1CC)NCCOCC. The van der Waals surface area contributed by atoms with Crippen LogP contribution in [-0.2, 0) is 4.74 Å². The first-order valence-corrected chi connectivity index (χ1v) is 8.65. The Morgan fingerprint density at radius 3 is 2.81 bits per heavy atom. The molecule has 0 radical (unpaired) electrons. The third-order valence-electron chi connectivity index (χ3n) is 3.96. The highest BCUT2D eigenvalue weighted by Gasteiger charge is 2.19. The molecule has 0 aromatic carbocycles. The number of nitrogens with zero attached hydrogens (tertiary/aromatic N) is 2. The van der Waals surface area contributed by atoms with Gasteiger partial charge >= 0.3 is 0 Å². The zero-order valence-electron chi connectivity index (χ0n) is 14.2. The van der Waals surface area contributed by atoms with Gasteiger partial charge in [-0.3, -0.25) is 9.89 Å². The van der Waals surface area contributed by atoms with Gasteiger partial charge in [0.05, 0.1) is 13.2 Å². The summed E-state index contributed by atoms with van der Waals surface area (Å²) in [4.78, 5) is 7.28. The Labute approximate surface area is 130 Å². The zero-order valence-corrected chi connectivity index (χ0v) is 14.2. The molecule has 1 aliphatic rings. The van der Waals surface area contributed by atoms with Crippen LogP contribution in [0.15, 0.2) is 4.99 Å². The average molecular weight is 298 g/mol. The number of aliphatic imine (C=N–C) groups is 1. The minimum Gasteiger partial charge on any atom is -0.380 e. The molecule has 1 atom stereocenters. The predicted molar refractivity (Wildman–Crippen MR) is 90.0 cm³/mol. The minimum atomic E-state index is 0.727. The molecule has 124 valence electrons. The van der Waals surface area contributed by atoms with Crippen molar-refractivity contribution < 1.29 is 4.74 Å². The number of piperidine rings is 1. The molecule has 1 fully saturated rings. The van der Waals surface area contributed by atoms with Gasteiger partial charge in [-0.1, -0.05) is 13.3 Å². The normalized spacial score (nSPS) is 20.5. The fourth-order valence-corrected chi connectivity index (χ4v) is 2.83. The fraction of sp³-hybridized carbons (Fsp3) is 0.938. The molecule has 1 heterocycles. The largest absolute Gasteiger partial charge is 0.380 e. The molecule has 0 aliphatic carbocycles. The maximum Gasteiger partial charge on any atom is 0.191 e. The van der Waals surface area contributed by atoms with Crippen molar-refractivity contribution in [3.8, 4) is 0 Å². The van der Waals surface area contributed by atoms with Crippen LogP contribution in [0.1, 0.15) is 46.5 Å². The van der Waals surface area contributed by atoms with Crippen LogP contribution in [0.4, 0.5) is 0 Å². The summed E-state index contributed by atoms with van der Waals surface area (Å²) in [5.74, 6) is 0.905. The molecular formula is C16H34N4O. The Hall–Kier alpha value is -0.810. The lowest BCUT2D eigenvalue weighted by atomic mass is 10.0. The van der Waals surface area contributed by atoms with Gasteiger partial charge in [0.2, 0.25) is 0 Å². The van der Waals surface area contributed by atoms with Gasteiger partial charge in [-0.2, -0.15) is 0 Å². The number of nitrogens with one attached hydrogen (secondary N) is 2. The van der Waals surface area contributed by atoms with E-state index >= 15 is 0 Å². The Morgan fingerprint density at radius 2 is 2.10 bits per heavy atom. The summed E-state index contributed by atoms with van der Waals surface area (Å²) in [6.45, 7) is 12.8. The summed E-state index contributed by atoms with van der Waals surface area (Å²) in [5.41, 5.74) is 0. The van der Waals surface area contributed by atoms with Crippen LogP contribution in [0.25, 0.3) is 0 Å². The lowest BCUT2D eigenvalue weighted by molar-refractivity contribution is 0.148. The zero-order chi connectivity index (χ0) is 15.3. The van der Waals surface area contributed by atoms with E-state index in [1.807, 2.05) is 6.92 Å². The third-order valence-corrected chi connectivity index (χ3v) is 3.96. The van der Waals surface area contributed by atoms with Crippen LogP contribution < -0.4 is 10.6 Å². The van der Waals surface area contributed by atoms with Crippen molar-refractivity contribution in [1.82, 2.24) is 15.5 Å². The first-order chi connectivity index (χ1) is 10.3. The molecule has 1 rings (SSSR count). The van der Waals surface area contributed by atoms with Gasteiger partial charge in [0.1, 0.15) is 0 Å². The molecule has 0 aromatic rings. The number of ether oxygens (including phenoxy) is 1. The van der Waals surface area contributed by atoms with Crippen LogP contribution in [0, 0.1) is 0 Å². The molecule has 0 aromatic heterocycles. The topological polar surface area (TPSA) is 48.9 Å². The number of hydrogen-bond donors (Lipinski definition) is 2. The Kier molecular flexibility index (Phi) is 10.3. The fourth-order valence-electron chi connectivity index (χ4n) is 2.83. The summed E-state index contributed by atoms with van der Waals surface area (Å²) in [7, 11) is 0. The van der Waals surface area contributed by atoms with E-state index in [9.17, 15) is 0 Å². The molecule has 0 amide bonds. The van der Waals surface area contributed by atoms with E-state index in [4.69, 9.17) is 4.74 Å². The molecule has 5 heteroatoms. The van der Waals surface area contributed by atoms with E-state index in [1.165, 1.54) is 32.2 Å². The first-order valence-electron chi connectivity index (χ1n) is 8.65. The van der Waals surface area contributed by atoms with Gasteiger partial charge < -0.3 is 15.4 Å². The van der Waals surface area contributed by atoms with Gasteiger partial charge in [0, 0.05) is 32.3 Å². The summed E-state index contributed by atoms with van der Waals surface area (Å²) in [6, 6.07) is 0.766. The van der Waals surface area contributed by atoms with E-state index in [0.29, 0.717) is 0 Å². The van der Waals surface area contributed by atoms with Gasteiger partial charge in [-0.15, -0.1) is 0 Å². The van der Waals surface area contributed by atoms with Crippen molar-refractivity contribution >= 4 is 5.96 Å². The Bertz CT molecular complexity index is 283. The average Bonchev–Trinajstić information content (AvgIpc) is 2.52. The summed E-state index contributed by atoms with van der Waals surface area (Å²) < 4.78 is 5.34. The van der Waals surface area contributed by atoms with Crippen molar-refractivity contribution in [3.63, 3.8) is 0 Å². The molecule has 1 aliphatic heterocycles. The Morgan fingerprint density at radius 1 is 1.24 bits per heavy atom. The maximum atomic E-state index is 5.34. The van der Waals surface area contributed by atoms with Gasteiger partial charge in [-0.25, -0.2) is 0 Å². The molecule has 1 unspecified atom stereocenters. The third kappa shape index (κ3) is 7.67. The second-order valence-electron chi connectivity index (χ2n) is 5.48. The molecule has 21 heavy (non-hydrogen) atoms. The number of rotatable bonds is 9. The quantitative estimate of drug-likeness (QED) is 0.387. The van der Waals surface area contributed by atoms with E-state index in [1.54, 1.807) is 0 Å². The lowest BCUT2D eigenvalue weighted by Crippen LogP contribution is -2.42. The minimum absolute atomic E-state index is 0.727. The molecule has 1 saturated heterocycles. The van der Waals surface area contributed by atoms with E-state index in [-0.39, 0.29) is 0 Å². The smallest absolute Gasteiger partial charge is 0.191 e. The molecular weight excluding hydrogens is 264 g/mol. The predicted octanol–water partition coefficient (Wildman–Crippen LogP) is 1.84. The highest BCUT2D eigenvalue weighted by Crippen LogP contribution is 2.18. The molecule has 0 saturated carbocycles. The summed E-state index contributed by atoms with van der Waals surface area (Å²) in [6.07, 6.45) is 5.34. The van der Waals surface area contributed by atoms with Crippen molar-refractivity contribution in [2.24, 2.45) is 4.99 Å². The molecule has 2 N–H and O–H groups in total. The van der Waals surface area contributed by atoms with Crippen LogP contribution in [0.2, 0.25) is 0 Å². The number of guanidine groups is 1. The van der Waals surface area contributed by atoms with Crippen molar-refractivity contribution in [1.29, 1.82) is 0 Å².